The second kappa shape index (κ2) is 4.91. The van der Waals surface area contributed by atoms with E-state index in [4.69, 9.17) is 15.2 Å². The van der Waals surface area contributed by atoms with Gasteiger partial charge in [0.1, 0.15) is 5.60 Å². The molecule has 1 aliphatic rings. The second-order valence-electron chi connectivity index (χ2n) is 5.22. The number of hydrogen-bond donors (Lipinski definition) is 1. The van der Waals surface area contributed by atoms with E-state index in [-0.39, 0.29) is 12.6 Å². The molecule has 1 saturated heterocycles. The highest BCUT2D eigenvalue weighted by atomic mass is 16.6. The number of carbonyl (C=O) groups excluding carboxylic acids is 2. The Balaban J connectivity index is 2.64. The Kier molecular flexibility index (Phi) is 3.98. The Morgan fingerprint density at radius 1 is 1.35 bits per heavy atom. The van der Waals surface area contributed by atoms with Gasteiger partial charge in [0.15, 0.2) is 6.10 Å². The molecule has 0 aromatic heterocycles. The fourth-order valence-corrected chi connectivity index (χ4v) is 1.58. The van der Waals surface area contributed by atoms with Crippen molar-refractivity contribution in [3.63, 3.8) is 0 Å². The predicted octanol–water partition coefficient (Wildman–Crippen LogP) is 0.496. The summed E-state index contributed by atoms with van der Waals surface area (Å²) in [5, 5.41) is 0. The van der Waals surface area contributed by atoms with Gasteiger partial charge in [0.2, 0.25) is 5.91 Å². The van der Waals surface area contributed by atoms with Crippen molar-refractivity contribution in [2.75, 3.05) is 13.1 Å². The Hall–Kier alpha value is -1.30. The quantitative estimate of drug-likeness (QED) is 0.728. The number of ether oxygens (including phenoxy) is 2. The van der Waals surface area contributed by atoms with Crippen molar-refractivity contribution in [3.8, 4) is 0 Å². The maximum atomic E-state index is 11.8. The molecule has 1 fully saturated rings. The maximum absolute atomic E-state index is 11.8. The van der Waals surface area contributed by atoms with Gasteiger partial charge in [-0.05, 0) is 27.7 Å². The molecule has 1 aliphatic heterocycles. The van der Waals surface area contributed by atoms with Gasteiger partial charge in [-0.3, -0.25) is 4.79 Å². The molecule has 6 heteroatoms. The minimum Gasteiger partial charge on any atom is -0.444 e. The minimum atomic E-state index is -0.758. The first-order valence-corrected chi connectivity index (χ1v) is 5.62. The molecule has 0 aliphatic carbocycles. The maximum Gasteiger partial charge on any atom is 0.410 e. The van der Waals surface area contributed by atoms with E-state index in [1.54, 1.807) is 27.7 Å². The van der Waals surface area contributed by atoms with Crippen molar-refractivity contribution in [2.45, 2.75) is 45.5 Å². The zero-order chi connectivity index (χ0) is 13.2. The fourth-order valence-electron chi connectivity index (χ4n) is 1.58. The van der Waals surface area contributed by atoms with Crippen LogP contribution in [0.25, 0.3) is 0 Å². The third kappa shape index (κ3) is 4.22. The van der Waals surface area contributed by atoms with Crippen LogP contribution in [0.4, 0.5) is 4.79 Å². The van der Waals surface area contributed by atoms with Gasteiger partial charge < -0.3 is 20.1 Å². The van der Waals surface area contributed by atoms with E-state index >= 15 is 0 Å². The molecule has 0 aromatic rings. The minimum absolute atomic E-state index is 0.147. The summed E-state index contributed by atoms with van der Waals surface area (Å²) < 4.78 is 10.6. The van der Waals surface area contributed by atoms with Gasteiger partial charge in [-0.15, -0.1) is 0 Å². The van der Waals surface area contributed by atoms with Gasteiger partial charge in [0.25, 0.3) is 0 Å². The van der Waals surface area contributed by atoms with Crippen molar-refractivity contribution in [2.24, 2.45) is 5.73 Å². The molecule has 0 spiro atoms. The van der Waals surface area contributed by atoms with Gasteiger partial charge >= 0.3 is 6.09 Å². The average Bonchev–Trinajstić information content (AvgIpc) is 2.13. The molecule has 0 bridgehead atoms. The second-order valence-corrected chi connectivity index (χ2v) is 5.22. The number of rotatable bonds is 1. The van der Waals surface area contributed by atoms with Gasteiger partial charge in [-0.1, -0.05) is 0 Å². The summed E-state index contributed by atoms with van der Waals surface area (Å²) in [7, 11) is 0. The zero-order valence-electron chi connectivity index (χ0n) is 10.7. The lowest BCUT2D eigenvalue weighted by Gasteiger charge is -2.36. The van der Waals surface area contributed by atoms with E-state index < -0.39 is 23.7 Å². The van der Waals surface area contributed by atoms with Gasteiger partial charge in [-0.25, -0.2) is 4.79 Å². The SMILES string of the molecule is C[C@@H]1CN(C(=O)OC(C)(C)C)C[C@H](C(N)=O)O1. The molecule has 0 saturated carbocycles. The summed E-state index contributed by atoms with van der Waals surface area (Å²) >= 11 is 0. The molecule has 0 unspecified atom stereocenters. The third-order valence-electron chi connectivity index (χ3n) is 2.23. The summed E-state index contributed by atoms with van der Waals surface area (Å²) in [5.41, 5.74) is 4.62. The van der Waals surface area contributed by atoms with E-state index in [0.29, 0.717) is 6.54 Å². The van der Waals surface area contributed by atoms with E-state index in [1.807, 2.05) is 0 Å². The Labute approximate surface area is 101 Å². The first kappa shape index (κ1) is 13.8. The van der Waals surface area contributed by atoms with Gasteiger partial charge in [0, 0.05) is 0 Å². The average molecular weight is 244 g/mol. The molecule has 0 aromatic carbocycles. The summed E-state index contributed by atoms with van der Waals surface area (Å²) in [5.74, 6) is -0.565. The highest BCUT2D eigenvalue weighted by molar-refractivity contribution is 5.80. The Morgan fingerprint density at radius 2 is 1.94 bits per heavy atom. The summed E-state index contributed by atoms with van der Waals surface area (Å²) in [6, 6.07) is 0. The van der Waals surface area contributed by atoms with Crippen LogP contribution in [0.1, 0.15) is 27.7 Å². The number of hydrogen-bond acceptors (Lipinski definition) is 4. The first-order valence-electron chi connectivity index (χ1n) is 5.62. The fraction of sp³-hybridized carbons (Fsp3) is 0.818. The first-order chi connectivity index (χ1) is 7.69. The summed E-state index contributed by atoms with van der Waals surface area (Å²) in [4.78, 5) is 24.3. The molecular formula is C11H20N2O4. The van der Waals surface area contributed by atoms with Crippen molar-refractivity contribution >= 4 is 12.0 Å². The largest absolute Gasteiger partial charge is 0.444 e. The Morgan fingerprint density at radius 3 is 2.41 bits per heavy atom. The summed E-state index contributed by atoms with van der Waals surface area (Å²) in [6.07, 6.45) is -1.43. The molecular weight excluding hydrogens is 224 g/mol. The van der Waals surface area contributed by atoms with Gasteiger partial charge in [0.05, 0.1) is 19.2 Å². The molecule has 17 heavy (non-hydrogen) atoms. The molecule has 0 radical (unpaired) electrons. The smallest absolute Gasteiger partial charge is 0.410 e. The third-order valence-corrected chi connectivity index (χ3v) is 2.23. The molecule has 2 atom stereocenters. The van der Waals surface area contributed by atoms with Crippen LogP contribution in [0, 0.1) is 0 Å². The van der Waals surface area contributed by atoms with Gasteiger partial charge in [-0.2, -0.15) is 0 Å². The predicted molar refractivity (Wildman–Crippen MR) is 61.3 cm³/mol. The lowest BCUT2D eigenvalue weighted by molar-refractivity contribution is -0.141. The van der Waals surface area contributed by atoms with Crippen LogP contribution in [0.5, 0.6) is 0 Å². The van der Waals surface area contributed by atoms with Crippen LogP contribution in [-0.4, -0.2) is 47.8 Å². The number of amides is 2. The number of nitrogens with zero attached hydrogens (tertiary/aromatic N) is 1. The van der Waals surface area contributed by atoms with Crippen molar-refractivity contribution in [1.29, 1.82) is 0 Å². The van der Waals surface area contributed by atoms with Crippen molar-refractivity contribution in [3.05, 3.63) is 0 Å². The standard InChI is InChI=1S/C11H20N2O4/c1-7-5-13(6-8(16-7)9(12)14)10(15)17-11(2,3)4/h7-8H,5-6H2,1-4H3,(H2,12,14)/t7-,8-/m1/s1. The zero-order valence-corrected chi connectivity index (χ0v) is 10.7. The number of nitrogens with two attached hydrogens (primary N) is 1. The lowest BCUT2D eigenvalue weighted by atomic mass is 10.2. The van der Waals surface area contributed by atoms with Crippen LogP contribution in [-0.2, 0) is 14.3 Å². The number of morpholine rings is 1. The highest BCUT2D eigenvalue weighted by Crippen LogP contribution is 2.15. The van der Waals surface area contributed by atoms with E-state index in [0.717, 1.165) is 0 Å². The molecule has 2 amide bonds. The monoisotopic (exact) mass is 244 g/mol. The van der Waals surface area contributed by atoms with E-state index in [9.17, 15) is 9.59 Å². The van der Waals surface area contributed by atoms with Crippen LogP contribution in [0.15, 0.2) is 0 Å². The van der Waals surface area contributed by atoms with Crippen LogP contribution in [0.2, 0.25) is 0 Å². The van der Waals surface area contributed by atoms with E-state index in [2.05, 4.69) is 0 Å². The Bertz CT molecular complexity index is 311. The molecule has 98 valence electrons. The van der Waals surface area contributed by atoms with Crippen molar-refractivity contribution < 1.29 is 19.1 Å². The number of carbonyl (C=O) groups is 2. The van der Waals surface area contributed by atoms with Crippen molar-refractivity contribution in [1.82, 2.24) is 4.90 Å². The molecule has 1 rings (SSSR count). The summed E-state index contributed by atoms with van der Waals surface area (Å²) in [6.45, 7) is 7.71. The molecule has 2 N–H and O–H groups in total. The molecule has 6 nitrogen and oxygen atoms in total. The lowest BCUT2D eigenvalue weighted by Crippen LogP contribution is -2.54. The molecule has 1 heterocycles. The normalized spacial score (nSPS) is 25.5. The van der Waals surface area contributed by atoms with Crippen LogP contribution >= 0.6 is 0 Å². The van der Waals surface area contributed by atoms with Crippen LogP contribution < -0.4 is 5.73 Å². The van der Waals surface area contributed by atoms with Crippen LogP contribution in [0.3, 0.4) is 0 Å². The highest BCUT2D eigenvalue weighted by Gasteiger charge is 2.33. The number of primary amides is 1. The van der Waals surface area contributed by atoms with E-state index in [1.165, 1.54) is 4.90 Å². The topological polar surface area (TPSA) is 81.9 Å².